The second-order valence-corrected chi connectivity index (χ2v) is 9.62. The number of pyridine rings is 2. The van der Waals surface area contributed by atoms with Crippen molar-refractivity contribution in [2.45, 2.75) is 39.5 Å². The Labute approximate surface area is 223 Å². The van der Waals surface area contributed by atoms with Crippen LogP contribution in [0.2, 0.25) is 0 Å². The topological polar surface area (TPSA) is 114 Å². The van der Waals surface area contributed by atoms with Crippen molar-refractivity contribution >= 4 is 23.3 Å². The first-order valence-electron chi connectivity index (χ1n) is 12.3. The molecule has 3 heterocycles. The number of phenolic OH excluding ortho intramolecular Hbond substituents is 1. The maximum atomic E-state index is 15.5. The molecule has 0 radical (unpaired) electrons. The Hall–Kier alpha value is -4.54. The molecule has 0 aliphatic rings. The van der Waals surface area contributed by atoms with Gasteiger partial charge in [0.15, 0.2) is 11.5 Å². The molecule has 39 heavy (non-hydrogen) atoms. The van der Waals surface area contributed by atoms with Gasteiger partial charge < -0.3 is 10.0 Å². The Morgan fingerprint density at radius 2 is 1.92 bits per heavy atom. The Morgan fingerprint density at radius 3 is 2.59 bits per heavy atom. The molecule has 0 unspecified atom stereocenters. The van der Waals surface area contributed by atoms with Crippen LogP contribution in [0.3, 0.4) is 0 Å². The summed E-state index contributed by atoms with van der Waals surface area (Å²) in [5.74, 6) is -2.86. The van der Waals surface area contributed by atoms with Crippen LogP contribution in [0.5, 0.6) is 5.75 Å². The van der Waals surface area contributed by atoms with Crippen molar-refractivity contribution in [3.63, 3.8) is 0 Å². The highest BCUT2D eigenvalue weighted by Gasteiger charge is 2.24. The number of aromatic hydroxyl groups is 1. The number of hydrogen-bond donors (Lipinski definition) is 1. The lowest BCUT2D eigenvalue weighted by Crippen LogP contribution is -2.27. The molecule has 0 aliphatic heterocycles. The minimum atomic E-state index is -0.930. The van der Waals surface area contributed by atoms with Gasteiger partial charge in [-0.05, 0) is 49.1 Å². The van der Waals surface area contributed by atoms with Crippen LogP contribution in [0.4, 0.5) is 8.78 Å². The monoisotopic (exact) mass is 534 g/mol. The van der Waals surface area contributed by atoms with Crippen LogP contribution in [0.1, 0.15) is 43.1 Å². The van der Waals surface area contributed by atoms with Crippen molar-refractivity contribution in [1.29, 1.82) is 0 Å². The predicted octanol–water partition coefficient (Wildman–Crippen LogP) is 4.31. The number of fused-ring (bicyclic) bond motifs is 1. The van der Waals surface area contributed by atoms with Crippen molar-refractivity contribution in [1.82, 2.24) is 24.4 Å². The highest BCUT2D eigenvalue weighted by molar-refractivity contribution is 5.86. The summed E-state index contributed by atoms with van der Waals surface area (Å²) >= 11 is 0. The molecule has 4 aromatic rings. The second kappa shape index (κ2) is 11.1. The molecule has 0 saturated heterocycles. The maximum absolute atomic E-state index is 15.5. The zero-order valence-electron chi connectivity index (χ0n) is 22.2. The number of amides is 1. The smallest absolute Gasteiger partial charge is 0.354 e. The van der Waals surface area contributed by atoms with E-state index in [0.29, 0.717) is 16.9 Å². The second-order valence-electron chi connectivity index (χ2n) is 9.62. The molecule has 4 rings (SSSR count). The summed E-state index contributed by atoms with van der Waals surface area (Å²) in [4.78, 5) is 44.3. The first kappa shape index (κ1) is 27.5. The minimum absolute atomic E-state index is 0.00806. The largest absolute Gasteiger partial charge is 0.507 e. The summed E-state index contributed by atoms with van der Waals surface area (Å²) in [5.41, 5.74) is 0.217. The molecule has 1 aromatic carbocycles. The molecule has 11 heteroatoms. The molecule has 0 saturated carbocycles. The van der Waals surface area contributed by atoms with Gasteiger partial charge in [-0.15, -0.1) is 0 Å². The standard InChI is InChI=1S/C28H28F2N6O3/c1-15(2)24-26(16(3)11-12-31-24)36-27-17(20(33-28(36)39)9-10-22(38)32-14-35(4)5)13-19(30)25(34-27)23-18(29)7-6-8-21(23)37/h6-8,11-15,37H,9-10H2,1-5H3. The van der Waals surface area contributed by atoms with Gasteiger partial charge in [0.2, 0.25) is 5.91 Å². The van der Waals surface area contributed by atoms with Gasteiger partial charge >= 0.3 is 5.69 Å². The van der Waals surface area contributed by atoms with Crippen LogP contribution in [0, 0.1) is 18.6 Å². The zero-order chi connectivity index (χ0) is 28.4. The summed E-state index contributed by atoms with van der Waals surface area (Å²) in [6, 6.07) is 6.40. The van der Waals surface area contributed by atoms with E-state index in [4.69, 9.17) is 0 Å². The number of aromatic nitrogens is 4. The third kappa shape index (κ3) is 5.52. The van der Waals surface area contributed by atoms with E-state index in [-0.39, 0.29) is 35.5 Å². The molecule has 9 nitrogen and oxygen atoms in total. The van der Waals surface area contributed by atoms with Crippen LogP contribution in [0.25, 0.3) is 28.0 Å². The molecular weight excluding hydrogens is 506 g/mol. The van der Waals surface area contributed by atoms with Crippen LogP contribution < -0.4 is 5.69 Å². The van der Waals surface area contributed by atoms with E-state index in [1.807, 2.05) is 13.8 Å². The van der Waals surface area contributed by atoms with Gasteiger partial charge in [-0.25, -0.2) is 28.1 Å². The van der Waals surface area contributed by atoms with Crippen molar-refractivity contribution in [3.05, 3.63) is 75.6 Å². The van der Waals surface area contributed by atoms with Gasteiger partial charge in [0, 0.05) is 32.1 Å². The van der Waals surface area contributed by atoms with E-state index >= 15 is 4.39 Å². The molecule has 0 fully saturated rings. The van der Waals surface area contributed by atoms with Crippen molar-refractivity contribution < 1.29 is 18.7 Å². The average Bonchev–Trinajstić information content (AvgIpc) is 2.87. The summed E-state index contributed by atoms with van der Waals surface area (Å²) in [6.45, 7) is 5.62. The third-order valence-electron chi connectivity index (χ3n) is 6.06. The quantitative estimate of drug-likeness (QED) is 0.278. The van der Waals surface area contributed by atoms with Gasteiger partial charge in [0.25, 0.3) is 0 Å². The summed E-state index contributed by atoms with van der Waals surface area (Å²) in [7, 11) is 3.44. The molecular formula is C28H28F2N6O3. The van der Waals surface area contributed by atoms with Crippen LogP contribution in [0.15, 0.2) is 46.3 Å². The zero-order valence-corrected chi connectivity index (χ0v) is 22.2. The van der Waals surface area contributed by atoms with Crippen LogP contribution >= 0.6 is 0 Å². The Kier molecular flexibility index (Phi) is 7.80. The highest BCUT2D eigenvalue weighted by atomic mass is 19.1. The van der Waals surface area contributed by atoms with E-state index in [1.165, 1.54) is 23.0 Å². The maximum Gasteiger partial charge on any atom is 0.354 e. The molecule has 0 atom stereocenters. The molecule has 0 spiro atoms. The fourth-order valence-corrected chi connectivity index (χ4v) is 4.25. The molecule has 3 aromatic heterocycles. The first-order chi connectivity index (χ1) is 18.5. The van der Waals surface area contributed by atoms with E-state index < -0.39 is 40.2 Å². The summed E-state index contributed by atoms with van der Waals surface area (Å²) in [6.07, 6.45) is 2.89. The normalized spacial score (nSPS) is 11.6. The number of benzene rings is 1. The number of hydrogen-bond acceptors (Lipinski definition) is 6. The molecule has 202 valence electrons. The molecule has 1 amide bonds. The van der Waals surface area contributed by atoms with E-state index in [0.717, 1.165) is 12.1 Å². The van der Waals surface area contributed by atoms with Crippen LogP contribution in [-0.2, 0) is 11.2 Å². The van der Waals surface area contributed by atoms with Gasteiger partial charge in [-0.1, -0.05) is 19.9 Å². The average molecular weight is 535 g/mol. The molecule has 0 aliphatic carbocycles. The Balaban J connectivity index is 2.03. The van der Waals surface area contributed by atoms with Crippen molar-refractivity contribution in [2.24, 2.45) is 4.99 Å². The van der Waals surface area contributed by atoms with Gasteiger partial charge in [-0.3, -0.25) is 9.78 Å². The van der Waals surface area contributed by atoms with Crippen LogP contribution in [-0.4, -0.2) is 55.9 Å². The number of halogens is 2. The van der Waals surface area contributed by atoms with Gasteiger partial charge in [0.1, 0.15) is 17.3 Å². The minimum Gasteiger partial charge on any atom is -0.507 e. The molecule has 1 N–H and O–H groups in total. The number of aryl methyl sites for hydroxylation is 2. The number of carbonyl (C=O) groups excluding carboxylic acids is 1. The number of aliphatic imine (C=N–C) groups is 1. The van der Waals surface area contributed by atoms with Gasteiger partial charge in [-0.2, -0.15) is 4.98 Å². The number of rotatable bonds is 7. The Morgan fingerprint density at radius 1 is 1.18 bits per heavy atom. The van der Waals surface area contributed by atoms with Gasteiger partial charge in [0.05, 0.1) is 29.0 Å². The molecule has 0 bridgehead atoms. The third-order valence-corrected chi connectivity index (χ3v) is 6.06. The number of carbonyl (C=O) groups is 1. The lowest BCUT2D eigenvalue weighted by atomic mass is 10.0. The van der Waals surface area contributed by atoms with E-state index in [1.54, 1.807) is 38.2 Å². The summed E-state index contributed by atoms with van der Waals surface area (Å²) in [5, 5.41) is 10.5. The van der Waals surface area contributed by atoms with Crippen molar-refractivity contribution in [3.8, 4) is 22.7 Å². The Bertz CT molecular complexity index is 1640. The predicted molar refractivity (Wildman–Crippen MR) is 144 cm³/mol. The van der Waals surface area contributed by atoms with E-state index in [9.17, 15) is 19.1 Å². The first-order valence-corrected chi connectivity index (χ1v) is 12.3. The number of nitrogens with zero attached hydrogens (tertiary/aromatic N) is 6. The highest BCUT2D eigenvalue weighted by Crippen LogP contribution is 2.35. The van der Waals surface area contributed by atoms with Crippen molar-refractivity contribution in [2.75, 3.05) is 14.1 Å². The SMILES string of the molecule is Cc1ccnc(C(C)C)c1-n1c(=O)nc(CCC(=O)N=CN(C)C)c2cc(F)c(-c3c(O)cccc3F)nc21. The fraction of sp³-hybridized carbons (Fsp3) is 0.286. The van der Waals surface area contributed by atoms with E-state index in [2.05, 4.69) is 19.9 Å². The lowest BCUT2D eigenvalue weighted by molar-refractivity contribution is -0.117. The number of phenols is 1. The lowest BCUT2D eigenvalue weighted by Gasteiger charge is -2.19. The summed E-state index contributed by atoms with van der Waals surface area (Å²) < 4.78 is 31.5. The fourth-order valence-electron chi connectivity index (χ4n) is 4.25.